The molecule has 0 N–H and O–H groups in total. The summed E-state index contributed by atoms with van der Waals surface area (Å²) < 4.78 is 14.9. The molecule has 21 heavy (non-hydrogen) atoms. The lowest BCUT2D eigenvalue weighted by molar-refractivity contribution is -0.125. The van der Waals surface area contributed by atoms with Crippen molar-refractivity contribution in [2.24, 2.45) is 17.3 Å². The van der Waals surface area contributed by atoms with Crippen LogP contribution >= 0.6 is 0 Å². The van der Waals surface area contributed by atoms with E-state index in [9.17, 15) is 9.18 Å². The summed E-state index contributed by atoms with van der Waals surface area (Å²) in [6, 6.07) is 9.53. The summed E-state index contributed by atoms with van der Waals surface area (Å²) in [4.78, 5) is 12.3. The first-order valence-corrected chi connectivity index (χ1v) is 8.33. The Balaban J connectivity index is 1.46. The third kappa shape index (κ3) is 2.43. The first-order valence-electron chi connectivity index (χ1n) is 8.33. The average molecular weight is 286 g/mol. The Morgan fingerprint density at radius 1 is 1.10 bits per heavy atom. The van der Waals surface area contributed by atoms with E-state index in [2.05, 4.69) is 0 Å². The third-order valence-electron chi connectivity index (χ3n) is 6.09. The van der Waals surface area contributed by atoms with Crippen LogP contribution in [0.15, 0.2) is 30.3 Å². The van der Waals surface area contributed by atoms with E-state index in [0.717, 1.165) is 44.1 Å². The quantitative estimate of drug-likeness (QED) is 0.715. The normalized spacial score (nSPS) is 40.4. The molecule has 4 aliphatic rings. The van der Waals surface area contributed by atoms with Crippen LogP contribution in [0.25, 0.3) is 0 Å². The molecule has 4 bridgehead atoms. The summed E-state index contributed by atoms with van der Waals surface area (Å²) in [5, 5.41) is 0. The minimum Gasteiger partial charge on any atom is -0.294 e. The molecule has 4 aliphatic carbocycles. The summed E-state index contributed by atoms with van der Waals surface area (Å²) in [6.45, 7) is 0. The Kier molecular flexibility index (Phi) is 2.99. The molecule has 5 rings (SSSR count). The number of alkyl halides is 1. The average Bonchev–Trinajstić information content (AvgIpc) is 2.43. The highest BCUT2D eigenvalue weighted by Gasteiger charge is 2.57. The van der Waals surface area contributed by atoms with Crippen molar-refractivity contribution in [2.75, 3.05) is 0 Å². The van der Waals surface area contributed by atoms with E-state index >= 15 is 0 Å². The summed E-state index contributed by atoms with van der Waals surface area (Å²) in [7, 11) is 0. The molecule has 2 heteroatoms. The molecule has 2 atom stereocenters. The zero-order chi connectivity index (χ0) is 14.5. The zero-order valence-corrected chi connectivity index (χ0v) is 12.5. The van der Waals surface area contributed by atoms with Gasteiger partial charge in [0.15, 0.2) is 5.78 Å². The molecule has 0 aromatic heterocycles. The molecule has 1 nitrogen and oxygen atoms in total. The van der Waals surface area contributed by atoms with Crippen LogP contribution in [0.3, 0.4) is 0 Å². The fraction of sp³-hybridized carbons (Fsp3) is 0.632. The van der Waals surface area contributed by atoms with E-state index in [-0.39, 0.29) is 11.2 Å². The van der Waals surface area contributed by atoms with Gasteiger partial charge in [-0.25, -0.2) is 4.39 Å². The maximum absolute atomic E-state index is 14.9. The van der Waals surface area contributed by atoms with Crippen LogP contribution in [0.1, 0.15) is 61.7 Å². The predicted octanol–water partition coefficient (Wildman–Crippen LogP) is 4.96. The lowest BCUT2D eigenvalue weighted by atomic mass is 9.47. The van der Waals surface area contributed by atoms with E-state index in [0.29, 0.717) is 18.3 Å². The molecule has 0 saturated heterocycles. The van der Waals surface area contributed by atoms with Gasteiger partial charge >= 0.3 is 0 Å². The topological polar surface area (TPSA) is 17.1 Å². The largest absolute Gasteiger partial charge is 0.294 e. The smallest absolute Gasteiger partial charge is 0.162 e. The first-order chi connectivity index (χ1) is 10.1. The molecule has 1 aromatic rings. The Morgan fingerprint density at radius 3 is 2.38 bits per heavy atom. The monoisotopic (exact) mass is 286 g/mol. The van der Waals surface area contributed by atoms with Crippen molar-refractivity contribution in [3.8, 4) is 0 Å². The third-order valence-corrected chi connectivity index (χ3v) is 6.09. The number of hydrogen-bond donors (Lipinski definition) is 0. The van der Waals surface area contributed by atoms with Crippen molar-refractivity contribution < 1.29 is 9.18 Å². The maximum Gasteiger partial charge on any atom is 0.162 e. The van der Waals surface area contributed by atoms with Gasteiger partial charge in [-0.15, -0.1) is 0 Å². The van der Waals surface area contributed by atoms with Gasteiger partial charge in [0.2, 0.25) is 0 Å². The van der Waals surface area contributed by atoms with Gasteiger partial charge in [0.05, 0.1) is 0 Å². The SMILES string of the molecule is O=C(CCC12CC3CC(CC(F)(C3)C1)C2)c1ccccc1. The number of Topliss-reactive ketones (excluding diaryl/α,β-unsaturated/α-hetero) is 1. The van der Waals surface area contributed by atoms with Gasteiger partial charge in [0.25, 0.3) is 0 Å². The van der Waals surface area contributed by atoms with E-state index in [1.807, 2.05) is 30.3 Å². The van der Waals surface area contributed by atoms with Gasteiger partial charge in [0.1, 0.15) is 5.67 Å². The summed E-state index contributed by atoms with van der Waals surface area (Å²) >= 11 is 0. The van der Waals surface area contributed by atoms with Crippen molar-refractivity contribution in [1.29, 1.82) is 0 Å². The second-order valence-corrected chi connectivity index (χ2v) is 7.90. The second kappa shape index (κ2) is 4.66. The van der Waals surface area contributed by atoms with Gasteiger partial charge in [-0.1, -0.05) is 30.3 Å². The lowest BCUT2D eigenvalue weighted by Crippen LogP contribution is -2.53. The number of benzene rings is 1. The number of hydrogen-bond acceptors (Lipinski definition) is 1. The molecule has 1 aromatic carbocycles. The van der Waals surface area contributed by atoms with Crippen molar-refractivity contribution >= 4 is 5.78 Å². The number of halogens is 1. The minimum absolute atomic E-state index is 0.128. The van der Waals surface area contributed by atoms with Crippen LogP contribution in [-0.2, 0) is 0 Å². The molecule has 0 heterocycles. The molecular formula is C19H23FO. The maximum atomic E-state index is 14.9. The summed E-state index contributed by atoms with van der Waals surface area (Å²) in [5.41, 5.74) is 0.0283. The Morgan fingerprint density at radius 2 is 1.76 bits per heavy atom. The zero-order valence-electron chi connectivity index (χ0n) is 12.5. The molecule has 2 unspecified atom stereocenters. The Labute approximate surface area is 125 Å². The fourth-order valence-corrected chi connectivity index (χ4v) is 5.78. The van der Waals surface area contributed by atoms with Gasteiger partial charge in [0, 0.05) is 12.0 Å². The standard InChI is InChI=1S/C19H23FO/c20-19-11-14-8-15(12-19)10-18(9-14,13-19)7-6-17(21)16-4-2-1-3-5-16/h1-5,14-15H,6-13H2. The van der Waals surface area contributed by atoms with Crippen LogP contribution in [0.4, 0.5) is 4.39 Å². The highest BCUT2D eigenvalue weighted by molar-refractivity contribution is 5.95. The molecule has 0 amide bonds. The van der Waals surface area contributed by atoms with Crippen LogP contribution in [0, 0.1) is 17.3 Å². The van der Waals surface area contributed by atoms with Crippen LogP contribution in [0.5, 0.6) is 0 Å². The minimum atomic E-state index is -0.903. The van der Waals surface area contributed by atoms with E-state index < -0.39 is 5.67 Å². The predicted molar refractivity (Wildman–Crippen MR) is 81.0 cm³/mol. The van der Waals surface area contributed by atoms with Crippen LogP contribution in [-0.4, -0.2) is 11.5 Å². The van der Waals surface area contributed by atoms with E-state index in [1.54, 1.807) is 0 Å². The molecular weight excluding hydrogens is 263 g/mol. The van der Waals surface area contributed by atoms with Crippen molar-refractivity contribution in [2.45, 2.75) is 57.0 Å². The molecule has 0 spiro atoms. The number of rotatable bonds is 4. The fourth-order valence-electron chi connectivity index (χ4n) is 5.78. The molecule has 4 saturated carbocycles. The number of ketones is 1. The van der Waals surface area contributed by atoms with Gasteiger partial charge < -0.3 is 0 Å². The number of carbonyl (C=O) groups is 1. The second-order valence-electron chi connectivity index (χ2n) is 7.90. The van der Waals surface area contributed by atoms with Gasteiger partial charge in [-0.2, -0.15) is 0 Å². The van der Waals surface area contributed by atoms with Gasteiger partial charge in [-0.3, -0.25) is 4.79 Å². The summed E-state index contributed by atoms with van der Waals surface area (Å²) in [5.74, 6) is 1.39. The van der Waals surface area contributed by atoms with Crippen molar-refractivity contribution in [1.82, 2.24) is 0 Å². The lowest BCUT2D eigenvalue weighted by Gasteiger charge is -2.59. The highest BCUT2D eigenvalue weighted by atomic mass is 19.1. The van der Waals surface area contributed by atoms with E-state index in [4.69, 9.17) is 0 Å². The number of carbonyl (C=O) groups excluding carboxylic acids is 1. The highest BCUT2D eigenvalue weighted by Crippen LogP contribution is 2.64. The molecule has 0 aliphatic heterocycles. The van der Waals surface area contributed by atoms with Crippen molar-refractivity contribution in [3.63, 3.8) is 0 Å². The first kappa shape index (κ1) is 13.5. The Bertz CT molecular complexity index is 536. The summed E-state index contributed by atoms with van der Waals surface area (Å²) in [6.07, 6.45) is 7.33. The van der Waals surface area contributed by atoms with Crippen molar-refractivity contribution in [3.05, 3.63) is 35.9 Å². The van der Waals surface area contributed by atoms with Gasteiger partial charge in [-0.05, 0) is 62.2 Å². The Hall–Kier alpha value is -1.18. The molecule has 0 radical (unpaired) electrons. The van der Waals surface area contributed by atoms with E-state index in [1.165, 1.54) is 6.42 Å². The molecule has 112 valence electrons. The molecule has 4 fully saturated rings. The van der Waals surface area contributed by atoms with Crippen LogP contribution in [0.2, 0.25) is 0 Å². The van der Waals surface area contributed by atoms with Crippen LogP contribution < -0.4 is 0 Å².